The van der Waals surface area contributed by atoms with Crippen molar-refractivity contribution in [2.75, 3.05) is 13.7 Å². The number of nitrogens with one attached hydrogen (secondary N) is 1. The summed E-state index contributed by atoms with van der Waals surface area (Å²) in [7, 11) is 1.46. The fraction of sp³-hybridized carbons (Fsp3) is 0.389. The van der Waals surface area contributed by atoms with E-state index in [4.69, 9.17) is 19.3 Å². The maximum atomic E-state index is 11.7. The van der Waals surface area contributed by atoms with Crippen molar-refractivity contribution in [1.82, 2.24) is 5.32 Å². The zero-order chi connectivity index (χ0) is 21.4. The maximum absolute atomic E-state index is 11.7. The van der Waals surface area contributed by atoms with E-state index in [9.17, 15) is 14.4 Å². The summed E-state index contributed by atoms with van der Waals surface area (Å²) in [6.07, 6.45) is 0.919. The Hall–Kier alpha value is -3.08. The van der Waals surface area contributed by atoms with E-state index < -0.39 is 23.1 Å². The first kappa shape index (κ1) is 22.2. The van der Waals surface area contributed by atoms with E-state index in [1.165, 1.54) is 13.3 Å². The van der Waals surface area contributed by atoms with Crippen molar-refractivity contribution in [1.29, 1.82) is 0 Å². The minimum Gasteiger partial charge on any atom is -0.493 e. The molecule has 1 atom stereocenters. The molecule has 156 valence electrons. The van der Waals surface area contributed by atoms with Crippen LogP contribution in [-0.2, 0) is 19.1 Å². The van der Waals surface area contributed by atoms with Gasteiger partial charge in [0.15, 0.2) is 23.3 Å². The number of carbonyl (C=O) groups is 3. The van der Waals surface area contributed by atoms with Gasteiger partial charge in [0.2, 0.25) is 5.91 Å². The molecule has 0 saturated carbocycles. The third kappa shape index (κ3) is 7.11. The Morgan fingerprint density at radius 3 is 2.76 bits per heavy atom. The number of hydrogen-bond acceptors (Lipinski definition) is 9. The summed E-state index contributed by atoms with van der Waals surface area (Å²) in [5.74, 6) is -1.20. The Morgan fingerprint density at radius 1 is 1.34 bits per heavy atom. The second-order valence-corrected chi connectivity index (χ2v) is 7.27. The summed E-state index contributed by atoms with van der Waals surface area (Å²) < 4.78 is 15.7. The Balaban J connectivity index is 1.98. The normalized spacial score (nSPS) is 17.6. The summed E-state index contributed by atoms with van der Waals surface area (Å²) in [5, 5.41) is 18.5. The number of nitrogens with zero attached hydrogens (tertiary/aromatic N) is 2. The quantitative estimate of drug-likeness (QED) is 0.346. The third-order valence-corrected chi connectivity index (χ3v) is 4.46. The first-order valence-corrected chi connectivity index (χ1v) is 9.47. The average molecular weight is 423 g/mol. The van der Waals surface area contributed by atoms with Crippen LogP contribution in [0, 0.1) is 0 Å². The zero-order valence-corrected chi connectivity index (χ0v) is 16.9. The van der Waals surface area contributed by atoms with Gasteiger partial charge in [-0.3, -0.25) is 9.59 Å². The lowest BCUT2D eigenvalue weighted by Crippen LogP contribution is -2.26. The van der Waals surface area contributed by atoms with Gasteiger partial charge in [-0.1, -0.05) is 11.8 Å². The number of hydrogen-bond donors (Lipinski definition) is 2. The third-order valence-electron chi connectivity index (χ3n) is 3.39. The summed E-state index contributed by atoms with van der Waals surface area (Å²) in [6.45, 7) is 3.25. The van der Waals surface area contributed by atoms with Crippen LogP contribution >= 0.6 is 11.8 Å². The fourth-order valence-corrected chi connectivity index (χ4v) is 3.13. The molecule has 1 amide bonds. The molecule has 1 aromatic rings. The average Bonchev–Trinajstić information content (AvgIpc) is 2.98. The first-order valence-electron chi connectivity index (χ1n) is 8.59. The van der Waals surface area contributed by atoms with Gasteiger partial charge in [-0.2, -0.15) is 5.10 Å². The summed E-state index contributed by atoms with van der Waals surface area (Å²) in [6, 6.07) is 4.94. The van der Waals surface area contributed by atoms with Crippen LogP contribution in [-0.4, -0.2) is 59.4 Å². The van der Waals surface area contributed by atoms with E-state index in [1.54, 1.807) is 32.0 Å². The molecule has 0 bridgehead atoms. The molecule has 1 aliphatic heterocycles. The number of amides is 1. The molecule has 29 heavy (non-hydrogen) atoms. The molecule has 0 spiro atoms. The van der Waals surface area contributed by atoms with Gasteiger partial charge < -0.3 is 24.6 Å². The molecular formula is C18H21N3O7S. The predicted molar refractivity (Wildman–Crippen MR) is 107 cm³/mol. The molecule has 1 unspecified atom stereocenters. The fourth-order valence-electron chi connectivity index (χ4n) is 2.21. The molecule has 1 saturated heterocycles. The van der Waals surface area contributed by atoms with Crippen molar-refractivity contribution in [3.8, 4) is 11.5 Å². The van der Waals surface area contributed by atoms with Crippen LogP contribution in [0.4, 0.5) is 0 Å². The molecule has 2 rings (SSSR count). The number of carbonyl (C=O) groups excluding carboxylic acids is 2. The lowest BCUT2D eigenvalue weighted by atomic mass is 10.2. The number of benzene rings is 1. The molecule has 0 aliphatic carbocycles. The Labute approximate surface area is 171 Å². The van der Waals surface area contributed by atoms with Crippen LogP contribution in [0.15, 0.2) is 28.4 Å². The molecule has 1 aromatic carbocycles. The van der Waals surface area contributed by atoms with Gasteiger partial charge in [0.05, 0.1) is 25.8 Å². The van der Waals surface area contributed by atoms with Crippen molar-refractivity contribution in [2.24, 2.45) is 10.2 Å². The molecule has 0 radical (unpaired) electrons. The highest BCUT2D eigenvalue weighted by Gasteiger charge is 2.32. The highest BCUT2D eigenvalue weighted by Crippen LogP contribution is 2.27. The Morgan fingerprint density at radius 2 is 2.10 bits per heavy atom. The van der Waals surface area contributed by atoms with Gasteiger partial charge in [0.25, 0.3) is 0 Å². The number of thioether (sulfide) groups is 1. The lowest BCUT2D eigenvalue weighted by Gasteiger charge is -2.12. The zero-order valence-electron chi connectivity index (χ0n) is 16.1. The van der Waals surface area contributed by atoms with E-state index >= 15 is 0 Å². The number of aliphatic carboxylic acids is 1. The Kier molecular flexibility index (Phi) is 8.01. The van der Waals surface area contributed by atoms with Crippen molar-refractivity contribution < 1.29 is 33.7 Å². The number of ether oxygens (including phenoxy) is 3. The molecule has 1 heterocycles. The highest BCUT2D eigenvalue weighted by atomic mass is 32.2. The molecule has 10 nitrogen and oxygen atoms in total. The van der Waals surface area contributed by atoms with E-state index in [2.05, 4.69) is 15.5 Å². The monoisotopic (exact) mass is 423 g/mol. The number of carboxylic acid groups (broad SMARTS) is 1. The summed E-state index contributed by atoms with van der Waals surface area (Å²) >= 11 is 1.01. The van der Waals surface area contributed by atoms with E-state index in [-0.39, 0.29) is 24.3 Å². The molecule has 1 aliphatic rings. The molecule has 11 heteroatoms. The van der Waals surface area contributed by atoms with Crippen molar-refractivity contribution in [2.45, 2.75) is 31.6 Å². The van der Waals surface area contributed by atoms with E-state index in [0.29, 0.717) is 17.1 Å². The number of carboxylic acids is 1. The summed E-state index contributed by atoms with van der Waals surface area (Å²) in [5.41, 5.74) is 0.639. The van der Waals surface area contributed by atoms with E-state index in [0.717, 1.165) is 11.8 Å². The van der Waals surface area contributed by atoms with Crippen molar-refractivity contribution >= 4 is 41.0 Å². The molecule has 0 aromatic heterocycles. The Bertz CT molecular complexity index is 839. The molecule has 2 N–H and O–H groups in total. The maximum Gasteiger partial charge on any atom is 0.344 e. The highest BCUT2D eigenvalue weighted by molar-refractivity contribution is 8.15. The van der Waals surface area contributed by atoms with Crippen molar-refractivity contribution in [3.05, 3.63) is 23.8 Å². The minimum absolute atomic E-state index is 0.226. The van der Waals surface area contributed by atoms with Crippen LogP contribution in [0.2, 0.25) is 0 Å². The smallest absolute Gasteiger partial charge is 0.344 e. The van der Waals surface area contributed by atoms with Gasteiger partial charge in [0, 0.05) is 0 Å². The predicted octanol–water partition coefficient (Wildman–Crippen LogP) is 1.42. The largest absolute Gasteiger partial charge is 0.493 e. The standard InChI is InChI=1S/C18H21N3O7S/c1-10(2)28-16(24)9-27-12-5-4-11(6-13(12)26-3)8-19-21-18-20-17(25)14(29-18)7-15(22)23/h4-6,8,10,14H,7,9H2,1-3H3,(H,22,23)(H,20,21,25). The first-order chi connectivity index (χ1) is 13.8. The van der Waals surface area contributed by atoms with Crippen LogP contribution < -0.4 is 14.8 Å². The van der Waals surface area contributed by atoms with Gasteiger partial charge in [0.1, 0.15) is 5.25 Å². The van der Waals surface area contributed by atoms with Gasteiger partial charge in [-0.15, -0.1) is 5.10 Å². The topological polar surface area (TPSA) is 136 Å². The second kappa shape index (κ2) is 10.5. The number of rotatable bonds is 9. The second-order valence-electron chi connectivity index (χ2n) is 6.08. The van der Waals surface area contributed by atoms with Crippen molar-refractivity contribution in [3.63, 3.8) is 0 Å². The number of methoxy groups -OCH3 is 1. The SMILES string of the molecule is COc1cc(C=NN=C2NC(=O)C(CC(=O)O)S2)ccc1OCC(=O)OC(C)C. The van der Waals surface area contributed by atoms with Crippen LogP contribution in [0.25, 0.3) is 0 Å². The van der Waals surface area contributed by atoms with Gasteiger partial charge >= 0.3 is 11.9 Å². The van der Waals surface area contributed by atoms with Gasteiger partial charge in [-0.05, 0) is 37.6 Å². The minimum atomic E-state index is -1.06. The van der Waals surface area contributed by atoms with Gasteiger partial charge in [-0.25, -0.2) is 4.79 Å². The summed E-state index contributed by atoms with van der Waals surface area (Å²) in [4.78, 5) is 33.9. The lowest BCUT2D eigenvalue weighted by molar-refractivity contribution is -0.149. The number of esters is 1. The van der Waals surface area contributed by atoms with Crippen LogP contribution in [0.5, 0.6) is 11.5 Å². The number of amidine groups is 1. The van der Waals surface area contributed by atoms with Crippen LogP contribution in [0.1, 0.15) is 25.8 Å². The molecule has 1 fully saturated rings. The van der Waals surface area contributed by atoms with Crippen LogP contribution in [0.3, 0.4) is 0 Å². The van der Waals surface area contributed by atoms with E-state index in [1.807, 2.05) is 0 Å². The molecular weight excluding hydrogens is 402 g/mol.